The Morgan fingerprint density at radius 1 is 1.28 bits per heavy atom. The van der Waals surface area contributed by atoms with Crippen LogP contribution in [0.3, 0.4) is 0 Å². The fraction of sp³-hybridized carbons (Fsp3) is 0.571. The van der Waals surface area contributed by atoms with Crippen molar-refractivity contribution in [2.75, 3.05) is 32.8 Å². The van der Waals surface area contributed by atoms with Crippen LogP contribution in [-0.4, -0.2) is 43.8 Å². The van der Waals surface area contributed by atoms with E-state index in [9.17, 15) is 0 Å². The molecule has 0 amide bonds. The Balaban J connectivity index is 1.91. The summed E-state index contributed by atoms with van der Waals surface area (Å²) in [6, 6.07) is 7.82. The van der Waals surface area contributed by atoms with Gasteiger partial charge in [-0.05, 0) is 25.1 Å². The Hall–Kier alpha value is -1.26. The lowest BCUT2D eigenvalue weighted by Crippen LogP contribution is -2.43. The topological polar surface area (TPSA) is 47.7 Å². The summed E-state index contributed by atoms with van der Waals surface area (Å²) in [6.07, 6.45) is 1.22. The highest BCUT2D eigenvalue weighted by Crippen LogP contribution is 2.30. The van der Waals surface area contributed by atoms with Crippen LogP contribution in [0.1, 0.15) is 13.3 Å². The molecule has 0 radical (unpaired) electrons. The van der Waals surface area contributed by atoms with Crippen molar-refractivity contribution < 1.29 is 9.47 Å². The van der Waals surface area contributed by atoms with Crippen LogP contribution in [-0.2, 0) is 0 Å². The van der Waals surface area contributed by atoms with Gasteiger partial charge in [0.2, 0.25) is 0 Å². The molecule has 2 rings (SSSR count). The van der Waals surface area contributed by atoms with Gasteiger partial charge in [-0.1, -0.05) is 19.1 Å². The lowest BCUT2D eigenvalue weighted by molar-refractivity contribution is 0.0595. The Kier molecular flexibility index (Phi) is 4.84. The van der Waals surface area contributed by atoms with Crippen molar-refractivity contribution in [3.05, 3.63) is 24.3 Å². The predicted octanol–water partition coefficient (Wildman–Crippen LogP) is 1.50. The number of benzene rings is 1. The summed E-state index contributed by atoms with van der Waals surface area (Å²) in [4.78, 5) is 2.34. The van der Waals surface area contributed by atoms with Gasteiger partial charge < -0.3 is 15.2 Å². The number of nitrogens with two attached hydrogens (primary N) is 1. The number of nitrogens with zero attached hydrogens (tertiary/aromatic N) is 1. The number of fused-ring (bicyclic) bond motifs is 1. The second-order valence-corrected chi connectivity index (χ2v) is 4.59. The number of rotatable bonds is 6. The molecule has 0 fully saturated rings. The maximum atomic E-state index is 5.95. The van der Waals surface area contributed by atoms with E-state index in [-0.39, 0.29) is 6.10 Å². The molecular formula is C14H22N2O2. The van der Waals surface area contributed by atoms with E-state index in [2.05, 4.69) is 11.8 Å². The first-order chi connectivity index (χ1) is 8.83. The van der Waals surface area contributed by atoms with Crippen molar-refractivity contribution in [3.63, 3.8) is 0 Å². The molecule has 2 N–H and O–H groups in total. The summed E-state index contributed by atoms with van der Waals surface area (Å²) in [5.74, 6) is 1.69. The molecule has 1 unspecified atom stereocenters. The largest absolute Gasteiger partial charge is 0.486 e. The molecule has 0 saturated heterocycles. The van der Waals surface area contributed by atoms with E-state index >= 15 is 0 Å². The van der Waals surface area contributed by atoms with Gasteiger partial charge >= 0.3 is 0 Å². The smallest absolute Gasteiger partial charge is 0.161 e. The lowest BCUT2D eigenvalue weighted by Gasteiger charge is -2.31. The first-order valence-electron chi connectivity index (χ1n) is 6.64. The second kappa shape index (κ2) is 6.61. The molecule has 1 atom stereocenters. The first kappa shape index (κ1) is 13.2. The van der Waals surface area contributed by atoms with Crippen LogP contribution in [0.4, 0.5) is 0 Å². The van der Waals surface area contributed by atoms with Gasteiger partial charge in [0.1, 0.15) is 12.7 Å². The summed E-state index contributed by atoms with van der Waals surface area (Å²) < 4.78 is 11.7. The molecule has 1 aromatic carbocycles. The number of para-hydroxylation sites is 2. The minimum atomic E-state index is 0.0954. The summed E-state index contributed by atoms with van der Waals surface area (Å²) in [7, 11) is 0. The van der Waals surface area contributed by atoms with Crippen molar-refractivity contribution in [1.82, 2.24) is 4.90 Å². The number of hydrogen-bond acceptors (Lipinski definition) is 4. The van der Waals surface area contributed by atoms with E-state index in [0.717, 1.165) is 37.6 Å². The zero-order chi connectivity index (χ0) is 12.8. The van der Waals surface area contributed by atoms with Crippen molar-refractivity contribution in [1.29, 1.82) is 0 Å². The summed E-state index contributed by atoms with van der Waals surface area (Å²) in [6.45, 7) is 6.32. The van der Waals surface area contributed by atoms with E-state index in [4.69, 9.17) is 15.2 Å². The second-order valence-electron chi connectivity index (χ2n) is 4.59. The summed E-state index contributed by atoms with van der Waals surface area (Å²) in [5, 5.41) is 0. The molecule has 0 aliphatic carbocycles. The lowest BCUT2D eigenvalue weighted by atomic mass is 10.2. The van der Waals surface area contributed by atoms with Crippen molar-refractivity contribution in [2.45, 2.75) is 19.4 Å². The number of hydrogen-bond donors (Lipinski definition) is 1. The SMILES string of the molecule is CCCN(CCN)CC1COc2ccccc2O1. The van der Waals surface area contributed by atoms with E-state index in [0.29, 0.717) is 13.2 Å². The molecule has 4 nitrogen and oxygen atoms in total. The van der Waals surface area contributed by atoms with E-state index in [1.807, 2.05) is 24.3 Å². The average molecular weight is 250 g/mol. The molecule has 0 aromatic heterocycles. The highest BCUT2D eigenvalue weighted by Gasteiger charge is 2.22. The van der Waals surface area contributed by atoms with Crippen molar-refractivity contribution in [3.8, 4) is 11.5 Å². The van der Waals surface area contributed by atoms with Gasteiger partial charge in [0.25, 0.3) is 0 Å². The monoisotopic (exact) mass is 250 g/mol. The van der Waals surface area contributed by atoms with E-state index in [1.165, 1.54) is 0 Å². The molecule has 4 heteroatoms. The Morgan fingerprint density at radius 2 is 2.06 bits per heavy atom. The molecule has 100 valence electrons. The van der Waals surface area contributed by atoms with Crippen molar-refractivity contribution >= 4 is 0 Å². The third-order valence-corrected chi connectivity index (χ3v) is 3.01. The molecular weight excluding hydrogens is 228 g/mol. The minimum Gasteiger partial charge on any atom is -0.486 e. The van der Waals surface area contributed by atoms with Crippen LogP contribution < -0.4 is 15.2 Å². The first-order valence-corrected chi connectivity index (χ1v) is 6.64. The molecule has 0 saturated carbocycles. The van der Waals surface area contributed by atoms with Crippen LogP contribution in [0.5, 0.6) is 11.5 Å². The number of ether oxygens (including phenoxy) is 2. The van der Waals surface area contributed by atoms with Gasteiger partial charge in [-0.3, -0.25) is 4.90 Å². The van der Waals surface area contributed by atoms with Crippen LogP contribution in [0.15, 0.2) is 24.3 Å². The fourth-order valence-electron chi connectivity index (χ4n) is 2.23. The third kappa shape index (κ3) is 3.37. The molecule has 1 heterocycles. The maximum absolute atomic E-state index is 5.95. The Bertz CT molecular complexity index is 365. The molecule has 1 aromatic rings. The minimum absolute atomic E-state index is 0.0954. The summed E-state index contributed by atoms with van der Waals surface area (Å²) >= 11 is 0. The predicted molar refractivity (Wildman–Crippen MR) is 72.1 cm³/mol. The maximum Gasteiger partial charge on any atom is 0.161 e. The molecule has 0 bridgehead atoms. The van der Waals surface area contributed by atoms with Gasteiger partial charge in [0, 0.05) is 19.6 Å². The third-order valence-electron chi connectivity index (χ3n) is 3.01. The van der Waals surface area contributed by atoms with Crippen LogP contribution >= 0.6 is 0 Å². The standard InChI is InChI=1S/C14H22N2O2/c1-2-8-16(9-7-15)10-12-11-17-13-5-3-4-6-14(13)18-12/h3-6,12H,2,7-11,15H2,1H3. The fourth-order valence-corrected chi connectivity index (χ4v) is 2.23. The average Bonchev–Trinajstić information content (AvgIpc) is 2.39. The van der Waals surface area contributed by atoms with Gasteiger partial charge in [-0.15, -0.1) is 0 Å². The van der Waals surface area contributed by atoms with E-state index in [1.54, 1.807) is 0 Å². The summed E-state index contributed by atoms with van der Waals surface area (Å²) in [5.41, 5.74) is 5.63. The highest BCUT2D eigenvalue weighted by molar-refractivity contribution is 5.40. The van der Waals surface area contributed by atoms with Gasteiger partial charge in [-0.25, -0.2) is 0 Å². The van der Waals surface area contributed by atoms with Crippen molar-refractivity contribution in [2.24, 2.45) is 5.73 Å². The Labute approximate surface area is 109 Å². The van der Waals surface area contributed by atoms with E-state index < -0.39 is 0 Å². The van der Waals surface area contributed by atoms with Gasteiger partial charge in [-0.2, -0.15) is 0 Å². The van der Waals surface area contributed by atoms with Crippen LogP contribution in [0.25, 0.3) is 0 Å². The molecule has 0 spiro atoms. The molecule has 18 heavy (non-hydrogen) atoms. The van der Waals surface area contributed by atoms with Gasteiger partial charge in [0.05, 0.1) is 0 Å². The quantitative estimate of drug-likeness (QED) is 0.831. The zero-order valence-electron chi connectivity index (χ0n) is 11.0. The van der Waals surface area contributed by atoms with Crippen LogP contribution in [0, 0.1) is 0 Å². The Morgan fingerprint density at radius 3 is 2.78 bits per heavy atom. The van der Waals surface area contributed by atoms with Crippen LogP contribution in [0.2, 0.25) is 0 Å². The van der Waals surface area contributed by atoms with Gasteiger partial charge in [0.15, 0.2) is 11.5 Å². The molecule has 1 aliphatic rings. The zero-order valence-corrected chi connectivity index (χ0v) is 11.0. The highest BCUT2D eigenvalue weighted by atomic mass is 16.6. The normalized spacial score (nSPS) is 18.1. The molecule has 1 aliphatic heterocycles.